The molecule has 2 N–H and O–H groups in total. The maximum atomic E-state index is 12.0. The molecular formula is C17H22N4O. The molecule has 0 spiro atoms. The van der Waals surface area contributed by atoms with E-state index < -0.39 is 0 Å². The molecule has 1 atom stereocenters. The largest absolute Gasteiger partial charge is 0.350 e. The first-order chi connectivity index (χ1) is 10.5. The van der Waals surface area contributed by atoms with Gasteiger partial charge in [0.05, 0.1) is 0 Å². The topological polar surface area (TPSA) is 66.9 Å². The Balaban J connectivity index is 2.07. The van der Waals surface area contributed by atoms with Gasteiger partial charge in [-0.25, -0.2) is 9.97 Å². The Bertz CT molecular complexity index is 632. The van der Waals surface area contributed by atoms with Crippen LogP contribution in [0.4, 0.5) is 11.6 Å². The molecule has 1 amide bonds. The monoisotopic (exact) mass is 298 g/mol. The summed E-state index contributed by atoms with van der Waals surface area (Å²) in [4.78, 5) is 20.7. The number of hydrogen-bond donors (Lipinski definition) is 2. The van der Waals surface area contributed by atoms with E-state index in [1.165, 1.54) is 0 Å². The van der Waals surface area contributed by atoms with Crippen LogP contribution in [-0.4, -0.2) is 21.9 Å². The average Bonchev–Trinajstić information content (AvgIpc) is 2.46. The number of amides is 1. The summed E-state index contributed by atoms with van der Waals surface area (Å²) in [5.41, 5.74) is 3.33. The molecule has 116 valence electrons. The summed E-state index contributed by atoms with van der Waals surface area (Å²) < 4.78 is 0. The maximum absolute atomic E-state index is 12.0. The molecule has 0 unspecified atom stereocenters. The van der Waals surface area contributed by atoms with E-state index in [0.717, 1.165) is 23.5 Å². The van der Waals surface area contributed by atoms with Gasteiger partial charge in [0.1, 0.15) is 0 Å². The van der Waals surface area contributed by atoms with Crippen LogP contribution in [0.25, 0.3) is 0 Å². The van der Waals surface area contributed by atoms with E-state index in [4.69, 9.17) is 0 Å². The number of benzene rings is 1. The van der Waals surface area contributed by atoms with E-state index in [0.29, 0.717) is 11.5 Å². The van der Waals surface area contributed by atoms with Gasteiger partial charge in [-0.05, 0) is 57.5 Å². The highest BCUT2D eigenvalue weighted by Gasteiger charge is 2.08. The van der Waals surface area contributed by atoms with E-state index in [-0.39, 0.29) is 11.9 Å². The summed E-state index contributed by atoms with van der Waals surface area (Å²) in [5, 5.41) is 6.10. The van der Waals surface area contributed by atoms with Crippen molar-refractivity contribution >= 4 is 17.5 Å². The number of aryl methyl sites for hydroxylation is 2. The molecule has 0 aliphatic carbocycles. The second kappa shape index (κ2) is 7.02. The lowest BCUT2D eigenvalue weighted by molar-refractivity contribution is 0.0939. The van der Waals surface area contributed by atoms with E-state index in [9.17, 15) is 4.79 Å². The van der Waals surface area contributed by atoms with E-state index in [2.05, 4.69) is 20.6 Å². The van der Waals surface area contributed by atoms with Crippen LogP contribution in [0.5, 0.6) is 0 Å². The fourth-order valence-corrected chi connectivity index (χ4v) is 2.03. The third kappa shape index (κ3) is 4.28. The molecule has 0 saturated heterocycles. The number of nitrogens with one attached hydrogen (secondary N) is 2. The molecule has 1 heterocycles. The average molecular weight is 298 g/mol. The van der Waals surface area contributed by atoms with Crippen LogP contribution >= 0.6 is 0 Å². The molecule has 1 aromatic carbocycles. The van der Waals surface area contributed by atoms with Crippen LogP contribution in [0.15, 0.2) is 30.3 Å². The van der Waals surface area contributed by atoms with Crippen molar-refractivity contribution in [2.75, 3.05) is 5.32 Å². The van der Waals surface area contributed by atoms with Crippen LogP contribution in [0.3, 0.4) is 0 Å². The lowest BCUT2D eigenvalue weighted by atomic mass is 10.1. The molecule has 2 rings (SSSR count). The van der Waals surface area contributed by atoms with Crippen molar-refractivity contribution in [2.45, 2.75) is 40.2 Å². The lowest BCUT2D eigenvalue weighted by Crippen LogP contribution is -2.31. The summed E-state index contributed by atoms with van der Waals surface area (Å²) in [5.74, 6) is 0.512. The van der Waals surface area contributed by atoms with Gasteiger partial charge in [0, 0.05) is 28.7 Å². The van der Waals surface area contributed by atoms with Crippen molar-refractivity contribution in [2.24, 2.45) is 0 Å². The normalized spacial score (nSPS) is 11.8. The van der Waals surface area contributed by atoms with Crippen LogP contribution in [0, 0.1) is 13.8 Å². The standard InChI is InChI=1S/C17H22N4O/c1-5-11(2)18-16(22)14-6-8-15(9-7-14)21-17-19-12(3)10-13(4)20-17/h6-11H,5H2,1-4H3,(H,18,22)(H,19,20,21)/t11-/m1/s1. The Morgan fingerprint density at radius 1 is 1.14 bits per heavy atom. The zero-order valence-corrected chi connectivity index (χ0v) is 13.5. The Labute approximate surface area is 131 Å². The SMILES string of the molecule is CC[C@@H](C)NC(=O)c1ccc(Nc2nc(C)cc(C)n2)cc1. The van der Waals surface area contributed by atoms with Crippen molar-refractivity contribution < 1.29 is 4.79 Å². The van der Waals surface area contributed by atoms with Gasteiger partial charge in [-0.1, -0.05) is 6.92 Å². The predicted octanol–water partition coefficient (Wildman–Crippen LogP) is 3.37. The van der Waals surface area contributed by atoms with Gasteiger partial charge in [-0.2, -0.15) is 0 Å². The minimum atomic E-state index is -0.0523. The van der Waals surface area contributed by atoms with E-state index in [1.54, 1.807) is 12.1 Å². The van der Waals surface area contributed by atoms with Crippen molar-refractivity contribution in [1.82, 2.24) is 15.3 Å². The Morgan fingerprint density at radius 2 is 1.73 bits per heavy atom. The minimum Gasteiger partial charge on any atom is -0.350 e. The van der Waals surface area contributed by atoms with Gasteiger partial charge in [-0.3, -0.25) is 4.79 Å². The summed E-state index contributed by atoms with van der Waals surface area (Å²) in [6.45, 7) is 7.90. The van der Waals surface area contributed by atoms with Crippen molar-refractivity contribution in [3.05, 3.63) is 47.3 Å². The Hall–Kier alpha value is -2.43. The molecule has 22 heavy (non-hydrogen) atoms. The number of nitrogens with zero attached hydrogens (tertiary/aromatic N) is 2. The highest BCUT2D eigenvalue weighted by atomic mass is 16.1. The number of hydrogen-bond acceptors (Lipinski definition) is 4. The summed E-state index contributed by atoms with van der Waals surface area (Å²) in [6.07, 6.45) is 0.912. The Morgan fingerprint density at radius 3 is 2.27 bits per heavy atom. The van der Waals surface area contributed by atoms with Gasteiger partial charge >= 0.3 is 0 Å². The molecule has 5 heteroatoms. The third-order valence-electron chi connectivity index (χ3n) is 3.38. The molecule has 1 aromatic heterocycles. The molecular weight excluding hydrogens is 276 g/mol. The number of rotatable bonds is 5. The molecule has 0 radical (unpaired) electrons. The summed E-state index contributed by atoms with van der Waals surface area (Å²) in [7, 11) is 0. The first-order valence-electron chi connectivity index (χ1n) is 7.48. The number of anilines is 2. The van der Waals surface area contributed by atoms with Crippen molar-refractivity contribution in [3.63, 3.8) is 0 Å². The van der Waals surface area contributed by atoms with Crippen LogP contribution in [0.1, 0.15) is 42.0 Å². The fourth-order valence-electron chi connectivity index (χ4n) is 2.03. The summed E-state index contributed by atoms with van der Waals surface area (Å²) >= 11 is 0. The van der Waals surface area contributed by atoms with Gasteiger partial charge in [0.2, 0.25) is 5.95 Å². The zero-order valence-electron chi connectivity index (χ0n) is 13.5. The molecule has 2 aromatic rings. The van der Waals surface area contributed by atoms with Crippen molar-refractivity contribution in [3.8, 4) is 0 Å². The second-order valence-corrected chi connectivity index (χ2v) is 5.46. The van der Waals surface area contributed by atoms with Gasteiger partial charge < -0.3 is 10.6 Å². The first-order valence-corrected chi connectivity index (χ1v) is 7.48. The van der Waals surface area contributed by atoms with E-state index in [1.807, 2.05) is 45.9 Å². The van der Waals surface area contributed by atoms with Crippen LogP contribution in [0.2, 0.25) is 0 Å². The van der Waals surface area contributed by atoms with E-state index >= 15 is 0 Å². The smallest absolute Gasteiger partial charge is 0.251 e. The molecule has 0 fully saturated rings. The second-order valence-electron chi connectivity index (χ2n) is 5.46. The predicted molar refractivity (Wildman–Crippen MR) is 88.4 cm³/mol. The third-order valence-corrected chi connectivity index (χ3v) is 3.38. The molecule has 0 aliphatic rings. The number of carbonyl (C=O) groups is 1. The Kier molecular flexibility index (Phi) is 5.09. The van der Waals surface area contributed by atoms with Crippen LogP contribution < -0.4 is 10.6 Å². The van der Waals surface area contributed by atoms with Crippen molar-refractivity contribution in [1.29, 1.82) is 0 Å². The summed E-state index contributed by atoms with van der Waals surface area (Å²) in [6, 6.07) is 9.40. The van der Waals surface area contributed by atoms with Gasteiger partial charge in [0.15, 0.2) is 0 Å². The highest BCUT2D eigenvalue weighted by Crippen LogP contribution is 2.15. The maximum Gasteiger partial charge on any atom is 0.251 e. The quantitative estimate of drug-likeness (QED) is 0.888. The zero-order chi connectivity index (χ0) is 16.1. The highest BCUT2D eigenvalue weighted by molar-refractivity contribution is 5.94. The fraction of sp³-hybridized carbons (Fsp3) is 0.353. The molecule has 0 aliphatic heterocycles. The minimum absolute atomic E-state index is 0.0523. The van der Waals surface area contributed by atoms with Gasteiger partial charge in [-0.15, -0.1) is 0 Å². The first kappa shape index (κ1) is 15.9. The number of aromatic nitrogens is 2. The molecule has 0 bridgehead atoms. The van der Waals surface area contributed by atoms with Crippen LogP contribution in [-0.2, 0) is 0 Å². The van der Waals surface area contributed by atoms with Gasteiger partial charge in [0.25, 0.3) is 5.91 Å². The molecule has 0 saturated carbocycles. The molecule has 5 nitrogen and oxygen atoms in total. The lowest BCUT2D eigenvalue weighted by Gasteiger charge is -2.12. The number of carbonyl (C=O) groups excluding carboxylic acids is 1.